The van der Waals surface area contributed by atoms with Gasteiger partial charge in [0.1, 0.15) is 0 Å². The molecular weight excluding hydrogens is 332 g/mol. The number of aryl methyl sites for hydroxylation is 1. The van der Waals surface area contributed by atoms with E-state index in [1.807, 2.05) is 42.1 Å². The van der Waals surface area contributed by atoms with E-state index in [0.717, 1.165) is 5.69 Å². The molecule has 116 valence electrons. The van der Waals surface area contributed by atoms with E-state index in [9.17, 15) is 4.79 Å². The molecule has 0 N–H and O–H groups in total. The van der Waals surface area contributed by atoms with Crippen molar-refractivity contribution >= 4 is 46.0 Å². The maximum absolute atomic E-state index is 12.7. The maximum atomic E-state index is 12.7. The molecule has 23 heavy (non-hydrogen) atoms. The summed E-state index contributed by atoms with van der Waals surface area (Å²) in [4.78, 5) is 14.9. The number of aromatic nitrogens is 1. The number of hydrogen-bond acceptors (Lipinski definition) is 5. The molecule has 2 aromatic rings. The van der Waals surface area contributed by atoms with Crippen molar-refractivity contribution in [1.82, 2.24) is 4.57 Å². The van der Waals surface area contributed by atoms with Gasteiger partial charge in [0.2, 0.25) is 6.79 Å². The first-order valence-electron chi connectivity index (χ1n) is 6.92. The third-order valence-corrected chi connectivity index (χ3v) is 4.97. The number of hydrogen-bond donors (Lipinski definition) is 0. The van der Waals surface area contributed by atoms with E-state index in [2.05, 4.69) is 0 Å². The van der Waals surface area contributed by atoms with Crippen LogP contribution in [0.15, 0.2) is 41.4 Å². The zero-order valence-corrected chi connectivity index (χ0v) is 13.8. The Balaban J connectivity index is 1.68. The highest BCUT2D eigenvalue weighted by Gasteiger charge is 2.34. The summed E-state index contributed by atoms with van der Waals surface area (Å²) in [6.07, 6.45) is 3.79. The molecule has 3 heterocycles. The lowest BCUT2D eigenvalue weighted by atomic mass is 10.2. The SMILES string of the molecule is Cn1cccc1/C=C1/SC(=S)N(c2ccc3c(c2)OCO3)C1=O. The second kappa shape index (κ2) is 5.43. The third-order valence-electron chi connectivity index (χ3n) is 3.67. The maximum Gasteiger partial charge on any atom is 0.270 e. The molecule has 0 atom stereocenters. The molecule has 2 aliphatic rings. The van der Waals surface area contributed by atoms with E-state index < -0.39 is 0 Å². The van der Waals surface area contributed by atoms with Gasteiger partial charge in [0.15, 0.2) is 15.8 Å². The van der Waals surface area contributed by atoms with Gasteiger partial charge >= 0.3 is 0 Å². The van der Waals surface area contributed by atoms with Crippen LogP contribution < -0.4 is 14.4 Å². The fraction of sp³-hybridized carbons (Fsp3) is 0.125. The summed E-state index contributed by atoms with van der Waals surface area (Å²) in [6, 6.07) is 9.26. The summed E-state index contributed by atoms with van der Waals surface area (Å²) in [7, 11) is 1.93. The van der Waals surface area contributed by atoms with E-state index in [0.29, 0.717) is 26.4 Å². The Hall–Kier alpha value is -2.25. The van der Waals surface area contributed by atoms with E-state index in [1.165, 1.54) is 16.7 Å². The van der Waals surface area contributed by atoms with Crippen molar-refractivity contribution in [1.29, 1.82) is 0 Å². The van der Waals surface area contributed by atoms with Crippen molar-refractivity contribution in [2.24, 2.45) is 7.05 Å². The van der Waals surface area contributed by atoms with Gasteiger partial charge < -0.3 is 14.0 Å². The van der Waals surface area contributed by atoms with Gasteiger partial charge in [-0.05, 0) is 30.3 Å². The highest BCUT2D eigenvalue weighted by atomic mass is 32.2. The van der Waals surface area contributed by atoms with E-state index in [4.69, 9.17) is 21.7 Å². The molecule has 1 saturated heterocycles. The van der Waals surface area contributed by atoms with Crippen molar-refractivity contribution in [2.45, 2.75) is 0 Å². The first-order chi connectivity index (χ1) is 11.1. The van der Waals surface area contributed by atoms with Crippen molar-refractivity contribution in [3.8, 4) is 11.5 Å². The summed E-state index contributed by atoms with van der Waals surface area (Å²) < 4.78 is 13.1. The van der Waals surface area contributed by atoms with Gasteiger partial charge in [0.25, 0.3) is 5.91 Å². The Morgan fingerprint density at radius 1 is 1.26 bits per heavy atom. The average molecular weight is 344 g/mol. The lowest BCUT2D eigenvalue weighted by Crippen LogP contribution is -2.27. The third kappa shape index (κ3) is 2.42. The molecule has 1 amide bonds. The zero-order chi connectivity index (χ0) is 16.0. The Labute approximate surface area is 142 Å². The first kappa shape index (κ1) is 14.3. The summed E-state index contributed by atoms with van der Waals surface area (Å²) in [5, 5.41) is 0. The van der Waals surface area contributed by atoms with Gasteiger partial charge in [-0.15, -0.1) is 0 Å². The molecule has 7 heteroatoms. The van der Waals surface area contributed by atoms with E-state index >= 15 is 0 Å². The Morgan fingerprint density at radius 2 is 2.09 bits per heavy atom. The predicted molar refractivity (Wildman–Crippen MR) is 93.6 cm³/mol. The van der Waals surface area contributed by atoms with Crippen LogP contribution in [0.4, 0.5) is 5.69 Å². The normalized spacial score (nSPS) is 18.3. The minimum Gasteiger partial charge on any atom is -0.454 e. The molecule has 5 nitrogen and oxygen atoms in total. The lowest BCUT2D eigenvalue weighted by molar-refractivity contribution is -0.113. The van der Waals surface area contributed by atoms with Crippen molar-refractivity contribution in [3.63, 3.8) is 0 Å². The molecule has 0 aliphatic carbocycles. The van der Waals surface area contributed by atoms with Crippen LogP contribution in [0.1, 0.15) is 5.69 Å². The number of thiocarbonyl (C=S) groups is 1. The Bertz CT molecular complexity index is 857. The van der Waals surface area contributed by atoms with Crippen molar-refractivity contribution in [2.75, 3.05) is 11.7 Å². The molecule has 0 bridgehead atoms. The monoisotopic (exact) mass is 344 g/mol. The first-order valence-corrected chi connectivity index (χ1v) is 8.15. The number of fused-ring (bicyclic) bond motifs is 1. The van der Waals surface area contributed by atoms with Crippen molar-refractivity contribution in [3.05, 3.63) is 47.1 Å². The number of thioether (sulfide) groups is 1. The van der Waals surface area contributed by atoms with Crippen molar-refractivity contribution < 1.29 is 14.3 Å². The Morgan fingerprint density at radius 3 is 2.87 bits per heavy atom. The van der Waals surface area contributed by atoms with E-state index in [-0.39, 0.29) is 12.7 Å². The summed E-state index contributed by atoms with van der Waals surface area (Å²) in [6.45, 7) is 0.199. The molecule has 1 aromatic carbocycles. The molecule has 0 radical (unpaired) electrons. The predicted octanol–water partition coefficient (Wildman–Crippen LogP) is 3.16. The summed E-state index contributed by atoms with van der Waals surface area (Å²) >= 11 is 6.68. The topological polar surface area (TPSA) is 43.7 Å². The lowest BCUT2D eigenvalue weighted by Gasteiger charge is -2.14. The van der Waals surface area contributed by atoms with Crippen LogP contribution in [0.2, 0.25) is 0 Å². The van der Waals surface area contributed by atoms with Crippen LogP contribution in [0, 0.1) is 0 Å². The van der Waals surface area contributed by atoms with Crippen LogP contribution in [0.3, 0.4) is 0 Å². The van der Waals surface area contributed by atoms with Crippen LogP contribution in [-0.4, -0.2) is 21.6 Å². The van der Waals surface area contributed by atoms with Crippen LogP contribution in [0.25, 0.3) is 6.08 Å². The standard InChI is InChI=1S/C16H12N2O3S2/c1-17-6-2-3-10(17)8-14-15(19)18(16(22)23-14)11-4-5-12-13(7-11)21-9-20-12/h2-8H,9H2,1H3/b14-8+. The molecule has 4 rings (SSSR count). The zero-order valence-electron chi connectivity index (χ0n) is 12.2. The number of rotatable bonds is 2. The second-order valence-electron chi connectivity index (χ2n) is 5.10. The van der Waals surface area contributed by atoms with Gasteiger partial charge in [-0.1, -0.05) is 24.0 Å². The molecular formula is C16H12N2O3S2. The number of benzene rings is 1. The quantitative estimate of drug-likeness (QED) is 0.618. The largest absolute Gasteiger partial charge is 0.454 e. The number of amides is 1. The van der Waals surface area contributed by atoms with Crippen LogP contribution in [-0.2, 0) is 11.8 Å². The molecule has 1 fully saturated rings. The summed E-state index contributed by atoms with van der Waals surface area (Å²) in [5.41, 5.74) is 1.64. The molecule has 0 saturated carbocycles. The molecule has 1 aromatic heterocycles. The molecule has 0 unspecified atom stereocenters. The van der Waals surface area contributed by atoms with Crippen LogP contribution in [0.5, 0.6) is 11.5 Å². The number of nitrogens with zero attached hydrogens (tertiary/aromatic N) is 2. The fourth-order valence-electron chi connectivity index (χ4n) is 2.47. The van der Waals surface area contributed by atoms with E-state index in [1.54, 1.807) is 12.1 Å². The van der Waals surface area contributed by atoms with Gasteiger partial charge in [0.05, 0.1) is 10.6 Å². The van der Waals surface area contributed by atoms with Gasteiger partial charge in [0, 0.05) is 25.0 Å². The van der Waals surface area contributed by atoms with Gasteiger partial charge in [-0.25, -0.2) is 0 Å². The summed E-state index contributed by atoms with van der Waals surface area (Å²) in [5.74, 6) is 1.18. The highest BCUT2D eigenvalue weighted by molar-refractivity contribution is 8.27. The minimum absolute atomic E-state index is 0.125. The smallest absolute Gasteiger partial charge is 0.270 e. The Kier molecular flexibility index (Phi) is 3.39. The number of carbonyl (C=O) groups excluding carboxylic acids is 1. The second-order valence-corrected chi connectivity index (χ2v) is 6.77. The minimum atomic E-state index is -0.125. The van der Waals surface area contributed by atoms with Gasteiger partial charge in [-0.3, -0.25) is 9.69 Å². The van der Waals surface area contributed by atoms with Crippen LogP contribution >= 0.6 is 24.0 Å². The fourth-order valence-corrected chi connectivity index (χ4v) is 3.76. The molecule has 0 spiro atoms. The molecule has 2 aliphatic heterocycles. The average Bonchev–Trinajstić information content (AvgIpc) is 3.21. The highest BCUT2D eigenvalue weighted by Crippen LogP contribution is 2.40. The number of anilines is 1. The number of ether oxygens (including phenoxy) is 2. The number of carbonyl (C=O) groups is 1. The van der Waals surface area contributed by atoms with Gasteiger partial charge in [-0.2, -0.15) is 0 Å².